The van der Waals surface area contributed by atoms with Crippen molar-refractivity contribution in [2.24, 2.45) is 0 Å². The number of benzene rings is 2. The van der Waals surface area contributed by atoms with Crippen molar-refractivity contribution in [3.8, 4) is 5.75 Å². The molecule has 0 N–H and O–H groups in total. The van der Waals surface area contributed by atoms with E-state index in [2.05, 4.69) is 20.7 Å². The molecular weight excluding hydrogens is 479 g/mol. The van der Waals surface area contributed by atoms with Gasteiger partial charge in [-0.2, -0.15) is 13.2 Å². The average Bonchev–Trinajstić information content (AvgIpc) is 2.66. The highest BCUT2D eigenvalue weighted by Gasteiger charge is 2.44. The van der Waals surface area contributed by atoms with Gasteiger partial charge in [0.05, 0.1) is 29.3 Å². The highest BCUT2D eigenvalue weighted by atomic mass is 79.9. The molecule has 11 heteroatoms. The molecule has 6 nitrogen and oxygen atoms in total. The Bertz CT molecular complexity index is 1060. The van der Waals surface area contributed by atoms with Crippen molar-refractivity contribution in [1.29, 1.82) is 0 Å². The maximum absolute atomic E-state index is 13.3. The van der Waals surface area contributed by atoms with Gasteiger partial charge in [0.25, 0.3) is 10.0 Å². The Kier molecular flexibility index (Phi) is 5.56. The second-order valence-electron chi connectivity index (χ2n) is 6.24. The summed E-state index contributed by atoms with van der Waals surface area (Å²) in [6.45, 7) is 1.41. The molecule has 0 amide bonds. The number of halogens is 4. The van der Waals surface area contributed by atoms with Crippen LogP contribution in [0.5, 0.6) is 5.75 Å². The lowest BCUT2D eigenvalue weighted by atomic mass is 10.1. The number of carbonyl (C=O) groups excluding carboxylic acids is 1. The monoisotopic (exact) mass is 493 g/mol. The van der Waals surface area contributed by atoms with Crippen molar-refractivity contribution in [3.05, 3.63) is 52.5 Å². The summed E-state index contributed by atoms with van der Waals surface area (Å²) in [7, 11) is -3.35. The van der Waals surface area contributed by atoms with Crippen LogP contribution in [0.25, 0.3) is 0 Å². The zero-order chi connectivity index (χ0) is 21.6. The summed E-state index contributed by atoms with van der Waals surface area (Å²) < 4.78 is 77.6. The lowest BCUT2D eigenvalue weighted by Gasteiger charge is -2.39. The van der Waals surface area contributed by atoms with Crippen LogP contribution in [0.4, 0.5) is 18.9 Å². The van der Waals surface area contributed by atoms with Gasteiger partial charge in [-0.3, -0.25) is 4.31 Å². The van der Waals surface area contributed by atoms with E-state index in [4.69, 9.17) is 4.74 Å². The van der Waals surface area contributed by atoms with Crippen LogP contribution in [0.2, 0.25) is 0 Å². The Balaban J connectivity index is 2.19. The molecule has 29 heavy (non-hydrogen) atoms. The van der Waals surface area contributed by atoms with Gasteiger partial charge >= 0.3 is 12.1 Å². The van der Waals surface area contributed by atoms with Gasteiger partial charge in [0.15, 0.2) is 0 Å². The Morgan fingerprint density at radius 3 is 2.52 bits per heavy atom. The molecule has 0 unspecified atom stereocenters. The fraction of sp³-hybridized carbons (Fsp3) is 0.278. The van der Waals surface area contributed by atoms with Gasteiger partial charge in [0.2, 0.25) is 6.10 Å². The number of fused-ring (bicyclic) bond motifs is 1. The van der Waals surface area contributed by atoms with Gasteiger partial charge in [-0.1, -0.05) is 22.0 Å². The first-order valence-electron chi connectivity index (χ1n) is 8.22. The van der Waals surface area contributed by atoms with E-state index in [1.54, 1.807) is 6.07 Å². The predicted octanol–water partition coefficient (Wildman–Crippen LogP) is 3.99. The molecule has 2 aromatic rings. The Morgan fingerprint density at radius 2 is 1.90 bits per heavy atom. The van der Waals surface area contributed by atoms with Crippen molar-refractivity contribution in [2.75, 3.05) is 11.4 Å². The van der Waals surface area contributed by atoms with E-state index in [9.17, 15) is 26.4 Å². The maximum atomic E-state index is 13.3. The number of ether oxygens (including phenoxy) is 2. The van der Waals surface area contributed by atoms with Gasteiger partial charge < -0.3 is 9.47 Å². The smallest absolute Gasteiger partial charge is 0.416 e. The molecule has 2 atom stereocenters. The van der Waals surface area contributed by atoms with E-state index >= 15 is 0 Å². The van der Waals surface area contributed by atoms with Crippen LogP contribution in [0, 0.1) is 0 Å². The quantitative estimate of drug-likeness (QED) is 0.604. The SMILES string of the molecule is COC(=O)[C@@H]1Oc2ccc(Br)cc2N(S(=O)(=O)c2cccc(C(F)(F)F)c2)[C@@H]1C. The number of rotatable bonds is 3. The minimum atomic E-state index is -4.71. The third-order valence-electron chi connectivity index (χ3n) is 4.37. The molecule has 0 saturated carbocycles. The lowest BCUT2D eigenvalue weighted by molar-refractivity contribution is -0.149. The third-order valence-corrected chi connectivity index (χ3v) is 6.76. The van der Waals surface area contributed by atoms with E-state index in [1.165, 1.54) is 19.1 Å². The van der Waals surface area contributed by atoms with E-state index in [-0.39, 0.29) is 11.4 Å². The predicted molar refractivity (Wildman–Crippen MR) is 101 cm³/mol. The molecule has 3 rings (SSSR count). The summed E-state index contributed by atoms with van der Waals surface area (Å²) in [5.74, 6) is -0.729. The molecule has 0 saturated heterocycles. The Labute approximate surface area is 173 Å². The Hall–Kier alpha value is -2.27. The fourth-order valence-electron chi connectivity index (χ4n) is 3.00. The van der Waals surface area contributed by atoms with Gasteiger partial charge in [0, 0.05) is 4.47 Å². The van der Waals surface area contributed by atoms with Crippen LogP contribution in [0.3, 0.4) is 0 Å². The number of sulfonamides is 1. The van der Waals surface area contributed by atoms with Crippen molar-refractivity contribution in [3.63, 3.8) is 0 Å². The summed E-state index contributed by atoms with van der Waals surface area (Å²) in [6.07, 6.45) is -6.01. The Morgan fingerprint density at radius 1 is 1.21 bits per heavy atom. The summed E-state index contributed by atoms with van der Waals surface area (Å²) in [4.78, 5) is 11.6. The van der Waals surface area contributed by atoms with Crippen molar-refractivity contribution in [1.82, 2.24) is 0 Å². The zero-order valence-electron chi connectivity index (χ0n) is 15.1. The first-order valence-corrected chi connectivity index (χ1v) is 10.5. The van der Waals surface area contributed by atoms with Gasteiger partial charge in [-0.05, 0) is 43.3 Å². The van der Waals surface area contributed by atoms with E-state index in [1.807, 2.05) is 0 Å². The molecule has 1 aliphatic heterocycles. The number of carbonyl (C=O) groups is 1. The molecule has 0 radical (unpaired) electrons. The number of anilines is 1. The van der Waals surface area contributed by atoms with Gasteiger partial charge in [0.1, 0.15) is 5.75 Å². The summed E-state index contributed by atoms with van der Waals surface area (Å²) in [6, 6.07) is 6.83. The second kappa shape index (κ2) is 7.52. The number of methoxy groups -OCH3 is 1. The minimum absolute atomic E-state index is 0.0808. The molecular formula is C18H15BrF3NO5S. The number of hydrogen-bond donors (Lipinski definition) is 0. The first-order chi connectivity index (χ1) is 13.5. The third kappa shape index (κ3) is 3.93. The topological polar surface area (TPSA) is 72.9 Å². The van der Waals surface area contributed by atoms with E-state index < -0.39 is 44.8 Å². The second-order valence-corrected chi connectivity index (χ2v) is 8.97. The zero-order valence-corrected chi connectivity index (χ0v) is 17.5. The largest absolute Gasteiger partial charge is 0.474 e. The molecule has 0 spiro atoms. The minimum Gasteiger partial charge on any atom is -0.474 e. The summed E-state index contributed by atoms with van der Waals surface area (Å²) in [5, 5.41) is 0. The molecule has 156 valence electrons. The van der Waals surface area contributed by atoms with Crippen LogP contribution in [0.15, 0.2) is 51.8 Å². The van der Waals surface area contributed by atoms with Crippen molar-refractivity contribution >= 4 is 37.6 Å². The van der Waals surface area contributed by atoms with Crippen molar-refractivity contribution < 1.29 is 35.9 Å². The molecule has 0 aromatic heterocycles. The maximum Gasteiger partial charge on any atom is 0.416 e. The van der Waals surface area contributed by atoms with Crippen LogP contribution in [-0.2, 0) is 25.7 Å². The van der Waals surface area contributed by atoms with Crippen molar-refractivity contribution in [2.45, 2.75) is 30.1 Å². The highest BCUT2D eigenvalue weighted by molar-refractivity contribution is 9.10. The normalized spacial score (nSPS) is 19.3. The number of hydrogen-bond acceptors (Lipinski definition) is 5. The van der Waals surface area contributed by atoms with Crippen LogP contribution in [0.1, 0.15) is 12.5 Å². The molecule has 0 fully saturated rings. The van der Waals surface area contributed by atoms with Gasteiger partial charge in [-0.15, -0.1) is 0 Å². The van der Waals surface area contributed by atoms with E-state index in [0.29, 0.717) is 10.5 Å². The number of nitrogens with zero attached hydrogens (tertiary/aromatic N) is 1. The van der Waals surface area contributed by atoms with Crippen LogP contribution >= 0.6 is 15.9 Å². The van der Waals surface area contributed by atoms with Crippen LogP contribution in [-0.4, -0.2) is 33.6 Å². The lowest BCUT2D eigenvalue weighted by Crippen LogP contribution is -2.54. The summed E-state index contributed by atoms with van der Waals surface area (Å²) >= 11 is 3.24. The molecule has 0 aliphatic carbocycles. The molecule has 0 bridgehead atoms. The van der Waals surface area contributed by atoms with E-state index in [0.717, 1.165) is 29.6 Å². The molecule has 1 aliphatic rings. The fourth-order valence-corrected chi connectivity index (χ4v) is 5.05. The average molecular weight is 494 g/mol. The molecule has 2 aromatic carbocycles. The summed E-state index contributed by atoms with van der Waals surface area (Å²) in [5.41, 5.74) is -1.01. The first kappa shape index (κ1) is 21.4. The molecule has 1 heterocycles. The number of esters is 1. The van der Waals surface area contributed by atoms with Crippen LogP contribution < -0.4 is 9.04 Å². The highest BCUT2D eigenvalue weighted by Crippen LogP contribution is 2.42. The number of alkyl halides is 3. The van der Waals surface area contributed by atoms with Gasteiger partial charge in [-0.25, -0.2) is 13.2 Å². The standard InChI is InChI=1S/C18H15BrF3NO5S/c1-10-16(17(24)27-2)28-15-7-6-12(19)9-14(15)23(10)29(25,26)13-5-3-4-11(8-13)18(20,21)22/h3-10,16H,1-2H3/t10-,16-/m1/s1.